The Morgan fingerprint density at radius 3 is 3.18 bits per heavy atom. The molecule has 2 rings (SSSR count). The minimum Gasteiger partial charge on any atom is -0.377 e. The number of pyridine rings is 1. The Morgan fingerprint density at radius 2 is 2.47 bits per heavy atom. The van der Waals surface area contributed by atoms with Gasteiger partial charge in [0.1, 0.15) is 11.9 Å². The van der Waals surface area contributed by atoms with Gasteiger partial charge in [-0.1, -0.05) is 0 Å². The first-order chi connectivity index (χ1) is 8.27. The smallest absolute Gasteiger partial charge is 0.310 e. The van der Waals surface area contributed by atoms with Crippen LogP contribution in [-0.2, 0) is 9.47 Å². The molecule has 1 aliphatic rings. The summed E-state index contributed by atoms with van der Waals surface area (Å²) in [4.78, 5) is 14.0. The van der Waals surface area contributed by atoms with Crippen LogP contribution in [0.5, 0.6) is 0 Å². The van der Waals surface area contributed by atoms with Gasteiger partial charge < -0.3 is 14.8 Å². The lowest BCUT2D eigenvalue weighted by molar-refractivity contribution is -0.384. The average molecular weight is 239 g/mol. The molecule has 0 aromatic carbocycles. The Labute approximate surface area is 97.9 Å². The van der Waals surface area contributed by atoms with Gasteiger partial charge in [-0.3, -0.25) is 15.1 Å². The zero-order valence-electron chi connectivity index (χ0n) is 9.17. The lowest BCUT2D eigenvalue weighted by Gasteiger charge is -2.23. The van der Waals surface area contributed by atoms with E-state index < -0.39 is 4.92 Å². The number of aromatic nitrogens is 1. The maximum atomic E-state index is 10.7. The van der Waals surface area contributed by atoms with Crippen molar-refractivity contribution in [3.8, 4) is 0 Å². The van der Waals surface area contributed by atoms with Gasteiger partial charge in [0.25, 0.3) is 0 Å². The van der Waals surface area contributed by atoms with Crippen LogP contribution < -0.4 is 5.32 Å². The van der Waals surface area contributed by atoms with Crippen molar-refractivity contribution in [2.75, 3.05) is 31.7 Å². The molecule has 1 unspecified atom stereocenters. The molecule has 0 radical (unpaired) electrons. The van der Waals surface area contributed by atoms with Gasteiger partial charge in [-0.25, -0.2) is 0 Å². The summed E-state index contributed by atoms with van der Waals surface area (Å²) in [6.07, 6.45) is 2.66. The Balaban J connectivity index is 1.96. The lowest BCUT2D eigenvalue weighted by Crippen LogP contribution is -2.34. The molecule has 1 aliphatic heterocycles. The van der Waals surface area contributed by atoms with Crippen LogP contribution in [-0.4, -0.2) is 42.4 Å². The molecule has 0 spiro atoms. The molecule has 92 valence electrons. The fraction of sp³-hybridized carbons (Fsp3) is 0.500. The summed E-state index contributed by atoms with van der Waals surface area (Å²) in [5.41, 5.74) is 0.406. The van der Waals surface area contributed by atoms with E-state index in [-0.39, 0.29) is 11.8 Å². The number of hydrogen-bond donors (Lipinski definition) is 1. The van der Waals surface area contributed by atoms with E-state index in [1.807, 2.05) is 0 Å². The maximum absolute atomic E-state index is 10.7. The number of rotatable bonds is 4. The highest BCUT2D eigenvalue weighted by molar-refractivity contribution is 5.59. The van der Waals surface area contributed by atoms with E-state index in [1.165, 1.54) is 12.4 Å². The van der Waals surface area contributed by atoms with Crippen LogP contribution >= 0.6 is 0 Å². The molecule has 0 amide bonds. The molecular weight excluding hydrogens is 226 g/mol. The van der Waals surface area contributed by atoms with E-state index in [9.17, 15) is 10.1 Å². The van der Waals surface area contributed by atoms with Gasteiger partial charge >= 0.3 is 5.69 Å². The second-order valence-electron chi connectivity index (χ2n) is 3.60. The van der Waals surface area contributed by atoms with Gasteiger partial charge in [0.15, 0.2) is 0 Å². The summed E-state index contributed by atoms with van der Waals surface area (Å²) in [6.45, 7) is 2.15. The highest BCUT2D eigenvalue weighted by Gasteiger charge is 2.17. The first-order valence-electron chi connectivity index (χ1n) is 5.29. The van der Waals surface area contributed by atoms with Crippen LogP contribution in [0.1, 0.15) is 0 Å². The fourth-order valence-corrected chi connectivity index (χ4v) is 1.56. The van der Waals surface area contributed by atoms with Gasteiger partial charge in [-0.05, 0) is 6.07 Å². The third-order valence-corrected chi connectivity index (χ3v) is 2.40. The van der Waals surface area contributed by atoms with E-state index in [1.54, 1.807) is 6.07 Å². The predicted octanol–water partition coefficient (Wildman–Crippen LogP) is 0.817. The molecule has 1 aromatic heterocycles. The van der Waals surface area contributed by atoms with Crippen LogP contribution in [0.2, 0.25) is 0 Å². The lowest BCUT2D eigenvalue weighted by atomic mass is 10.3. The van der Waals surface area contributed by atoms with Crippen LogP contribution in [0.15, 0.2) is 18.5 Å². The monoisotopic (exact) mass is 239 g/mol. The van der Waals surface area contributed by atoms with E-state index in [4.69, 9.17) is 9.47 Å². The van der Waals surface area contributed by atoms with Crippen molar-refractivity contribution >= 4 is 11.4 Å². The maximum Gasteiger partial charge on any atom is 0.310 e. The van der Waals surface area contributed by atoms with Gasteiger partial charge in [0.05, 0.1) is 30.8 Å². The first kappa shape index (κ1) is 11.7. The van der Waals surface area contributed by atoms with Crippen molar-refractivity contribution in [3.05, 3.63) is 28.6 Å². The molecule has 1 aromatic rings. The summed E-state index contributed by atoms with van der Waals surface area (Å²) in [5, 5.41) is 13.7. The average Bonchev–Trinajstić information content (AvgIpc) is 2.38. The van der Waals surface area contributed by atoms with Crippen LogP contribution in [0.25, 0.3) is 0 Å². The molecule has 7 heteroatoms. The van der Waals surface area contributed by atoms with Gasteiger partial charge in [0, 0.05) is 12.7 Å². The van der Waals surface area contributed by atoms with E-state index >= 15 is 0 Å². The second kappa shape index (κ2) is 5.55. The summed E-state index contributed by atoms with van der Waals surface area (Å²) < 4.78 is 10.7. The zero-order valence-corrected chi connectivity index (χ0v) is 9.17. The number of anilines is 1. The number of hydrogen-bond acceptors (Lipinski definition) is 6. The van der Waals surface area contributed by atoms with Gasteiger partial charge in [-0.15, -0.1) is 0 Å². The minimum absolute atomic E-state index is 0.0378. The van der Waals surface area contributed by atoms with E-state index in [0.29, 0.717) is 32.1 Å². The molecule has 1 fully saturated rings. The topological polar surface area (TPSA) is 86.5 Å². The van der Waals surface area contributed by atoms with Crippen molar-refractivity contribution < 1.29 is 14.4 Å². The Kier molecular flexibility index (Phi) is 3.84. The number of nitrogens with one attached hydrogen (secondary N) is 1. The quantitative estimate of drug-likeness (QED) is 0.618. The number of nitro groups is 1. The zero-order chi connectivity index (χ0) is 12.1. The Morgan fingerprint density at radius 1 is 1.59 bits per heavy atom. The van der Waals surface area contributed by atoms with E-state index in [2.05, 4.69) is 10.3 Å². The summed E-state index contributed by atoms with van der Waals surface area (Å²) in [6, 6.07) is 1.57. The van der Waals surface area contributed by atoms with Crippen molar-refractivity contribution in [1.82, 2.24) is 4.98 Å². The molecule has 2 heterocycles. The molecular formula is C10H13N3O4. The molecule has 17 heavy (non-hydrogen) atoms. The number of ether oxygens (including phenoxy) is 2. The highest BCUT2D eigenvalue weighted by atomic mass is 16.6. The standard InChI is InChI=1S/C10H13N3O4/c14-13(15)10-6-11-2-1-9(10)12-5-8-7-16-3-4-17-8/h1-2,6,8H,3-5,7H2,(H,11,12). The first-order valence-corrected chi connectivity index (χ1v) is 5.29. The highest BCUT2D eigenvalue weighted by Crippen LogP contribution is 2.21. The van der Waals surface area contributed by atoms with Crippen LogP contribution in [0.3, 0.4) is 0 Å². The second-order valence-corrected chi connectivity index (χ2v) is 3.60. The minimum atomic E-state index is -0.465. The van der Waals surface area contributed by atoms with E-state index in [0.717, 1.165) is 0 Å². The summed E-state index contributed by atoms with van der Waals surface area (Å²) in [7, 11) is 0. The Hall–Kier alpha value is -1.73. The summed E-state index contributed by atoms with van der Waals surface area (Å²) in [5.74, 6) is 0. The third kappa shape index (κ3) is 3.11. The van der Waals surface area contributed by atoms with Crippen molar-refractivity contribution in [2.45, 2.75) is 6.10 Å². The van der Waals surface area contributed by atoms with Crippen molar-refractivity contribution in [2.24, 2.45) is 0 Å². The third-order valence-electron chi connectivity index (χ3n) is 2.40. The van der Waals surface area contributed by atoms with Crippen LogP contribution in [0.4, 0.5) is 11.4 Å². The predicted molar refractivity (Wildman–Crippen MR) is 59.9 cm³/mol. The number of nitrogens with zero attached hydrogens (tertiary/aromatic N) is 2. The van der Waals surface area contributed by atoms with Crippen molar-refractivity contribution in [3.63, 3.8) is 0 Å². The summed E-state index contributed by atoms with van der Waals surface area (Å²) >= 11 is 0. The SMILES string of the molecule is O=[N+]([O-])c1cnccc1NCC1COCCO1. The normalized spacial score (nSPS) is 19.9. The van der Waals surface area contributed by atoms with Crippen molar-refractivity contribution in [1.29, 1.82) is 0 Å². The molecule has 0 saturated carbocycles. The fourth-order valence-electron chi connectivity index (χ4n) is 1.56. The molecule has 1 saturated heterocycles. The molecule has 1 atom stereocenters. The molecule has 0 aliphatic carbocycles. The molecule has 7 nitrogen and oxygen atoms in total. The van der Waals surface area contributed by atoms with Crippen LogP contribution in [0, 0.1) is 10.1 Å². The largest absolute Gasteiger partial charge is 0.377 e. The molecule has 1 N–H and O–H groups in total. The van der Waals surface area contributed by atoms with Gasteiger partial charge in [0.2, 0.25) is 0 Å². The Bertz CT molecular complexity index is 393. The molecule has 0 bridgehead atoms. The van der Waals surface area contributed by atoms with Gasteiger partial charge in [-0.2, -0.15) is 0 Å².